The Morgan fingerprint density at radius 2 is 1.80 bits per heavy atom. The maximum atomic E-state index is 12.4. The van der Waals surface area contributed by atoms with Gasteiger partial charge in [0.05, 0.1) is 20.1 Å². The van der Waals surface area contributed by atoms with E-state index in [0.717, 1.165) is 35.5 Å². The molecular formula is C25H25NO4. The van der Waals surface area contributed by atoms with Crippen LogP contribution in [0.25, 0.3) is 0 Å². The molecule has 3 aromatic rings. The maximum Gasteiger partial charge on any atom is 0.224 e. The average Bonchev–Trinajstić information content (AvgIpc) is 3.25. The third kappa shape index (κ3) is 4.92. The molecule has 0 saturated carbocycles. The molecule has 154 valence electrons. The van der Waals surface area contributed by atoms with E-state index in [2.05, 4.69) is 11.4 Å². The highest BCUT2D eigenvalue weighted by atomic mass is 16.5. The van der Waals surface area contributed by atoms with Crippen LogP contribution in [0.1, 0.15) is 22.3 Å². The van der Waals surface area contributed by atoms with Crippen molar-refractivity contribution in [2.75, 3.05) is 13.7 Å². The summed E-state index contributed by atoms with van der Waals surface area (Å²) in [7, 11) is 1.62. The van der Waals surface area contributed by atoms with Crippen molar-refractivity contribution in [2.45, 2.75) is 26.0 Å². The minimum Gasteiger partial charge on any atom is -0.493 e. The number of hydrogen-bond acceptors (Lipinski definition) is 4. The molecule has 0 unspecified atom stereocenters. The molecular weight excluding hydrogens is 378 g/mol. The fourth-order valence-electron chi connectivity index (χ4n) is 3.47. The quantitative estimate of drug-likeness (QED) is 0.616. The number of benzene rings is 3. The minimum atomic E-state index is -0.0164. The van der Waals surface area contributed by atoms with Gasteiger partial charge >= 0.3 is 0 Å². The number of nitrogens with one attached hydrogen (secondary N) is 1. The van der Waals surface area contributed by atoms with Crippen molar-refractivity contribution in [3.63, 3.8) is 0 Å². The first kappa shape index (κ1) is 19.8. The number of rotatable bonds is 8. The summed E-state index contributed by atoms with van der Waals surface area (Å²) < 4.78 is 16.9. The van der Waals surface area contributed by atoms with E-state index < -0.39 is 0 Å². The second kappa shape index (κ2) is 9.35. The molecule has 1 heterocycles. The predicted molar refractivity (Wildman–Crippen MR) is 115 cm³/mol. The number of carbonyl (C=O) groups is 1. The second-order valence-electron chi connectivity index (χ2n) is 7.25. The molecule has 1 aliphatic rings. The molecule has 0 atom stereocenters. The van der Waals surface area contributed by atoms with Crippen molar-refractivity contribution in [2.24, 2.45) is 0 Å². The van der Waals surface area contributed by atoms with E-state index in [-0.39, 0.29) is 5.91 Å². The van der Waals surface area contributed by atoms with Crippen LogP contribution in [-0.4, -0.2) is 19.6 Å². The number of amides is 1. The number of carbonyl (C=O) groups excluding carboxylic acids is 1. The average molecular weight is 403 g/mol. The second-order valence-corrected chi connectivity index (χ2v) is 7.25. The van der Waals surface area contributed by atoms with Gasteiger partial charge in [-0.3, -0.25) is 4.79 Å². The van der Waals surface area contributed by atoms with Gasteiger partial charge in [-0.05, 0) is 40.5 Å². The van der Waals surface area contributed by atoms with Crippen molar-refractivity contribution < 1.29 is 19.0 Å². The van der Waals surface area contributed by atoms with Crippen LogP contribution in [0.5, 0.6) is 17.2 Å². The molecule has 5 nitrogen and oxygen atoms in total. The van der Waals surface area contributed by atoms with E-state index in [0.29, 0.717) is 31.1 Å². The van der Waals surface area contributed by atoms with E-state index in [1.165, 1.54) is 5.56 Å². The van der Waals surface area contributed by atoms with Gasteiger partial charge in [-0.15, -0.1) is 0 Å². The number of fused-ring (bicyclic) bond motifs is 1. The summed E-state index contributed by atoms with van der Waals surface area (Å²) in [5.41, 5.74) is 4.22. The summed E-state index contributed by atoms with van der Waals surface area (Å²) in [4.78, 5) is 12.4. The fourth-order valence-corrected chi connectivity index (χ4v) is 3.47. The maximum absolute atomic E-state index is 12.4. The molecule has 30 heavy (non-hydrogen) atoms. The van der Waals surface area contributed by atoms with E-state index in [1.807, 2.05) is 60.7 Å². The van der Waals surface area contributed by atoms with Gasteiger partial charge in [-0.25, -0.2) is 0 Å². The Kier molecular flexibility index (Phi) is 6.18. The van der Waals surface area contributed by atoms with Crippen LogP contribution in [0.15, 0.2) is 66.7 Å². The predicted octanol–water partition coefficient (Wildman–Crippen LogP) is 4.07. The van der Waals surface area contributed by atoms with Gasteiger partial charge in [-0.1, -0.05) is 48.5 Å². The Labute approximate surface area is 176 Å². The molecule has 0 bridgehead atoms. The summed E-state index contributed by atoms with van der Waals surface area (Å²) >= 11 is 0. The molecule has 0 radical (unpaired) electrons. The molecule has 1 aliphatic heterocycles. The normalized spacial score (nSPS) is 12.0. The summed E-state index contributed by atoms with van der Waals surface area (Å²) in [6.07, 6.45) is 1.26. The van der Waals surface area contributed by atoms with Gasteiger partial charge in [-0.2, -0.15) is 0 Å². The van der Waals surface area contributed by atoms with E-state index in [1.54, 1.807) is 7.11 Å². The van der Waals surface area contributed by atoms with Crippen LogP contribution in [0.4, 0.5) is 0 Å². The SMILES string of the molecule is COc1cc(CNC(=O)Cc2ccc3c(c2)CCO3)ccc1OCc1ccccc1. The highest BCUT2D eigenvalue weighted by molar-refractivity contribution is 5.78. The van der Waals surface area contributed by atoms with Gasteiger partial charge in [0.25, 0.3) is 0 Å². The van der Waals surface area contributed by atoms with Gasteiger partial charge in [0.15, 0.2) is 11.5 Å². The van der Waals surface area contributed by atoms with Gasteiger partial charge in [0.2, 0.25) is 5.91 Å². The van der Waals surface area contributed by atoms with Gasteiger partial charge < -0.3 is 19.5 Å². The Balaban J connectivity index is 1.32. The van der Waals surface area contributed by atoms with Crippen LogP contribution < -0.4 is 19.5 Å². The number of hydrogen-bond donors (Lipinski definition) is 1. The van der Waals surface area contributed by atoms with Crippen LogP contribution in [0, 0.1) is 0 Å². The molecule has 1 amide bonds. The molecule has 1 N–H and O–H groups in total. The van der Waals surface area contributed by atoms with Crippen LogP contribution >= 0.6 is 0 Å². The summed E-state index contributed by atoms with van der Waals surface area (Å²) in [6, 6.07) is 21.7. The van der Waals surface area contributed by atoms with E-state index in [4.69, 9.17) is 14.2 Å². The minimum absolute atomic E-state index is 0.0164. The lowest BCUT2D eigenvalue weighted by Crippen LogP contribution is -2.24. The molecule has 0 spiro atoms. The lowest BCUT2D eigenvalue weighted by Gasteiger charge is -2.13. The highest BCUT2D eigenvalue weighted by Crippen LogP contribution is 2.29. The van der Waals surface area contributed by atoms with Crippen molar-refractivity contribution in [3.8, 4) is 17.2 Å². The lowest BCUT2D eigenvalue weighted by atomic mass is 10.1. The van der Waals surface area contributed by atoms with Crippen molar-refractivity contribution in [1.29, 1.82) is 0 Å². The first-order valence-corrected chi connectivity index (χ1v) is 10.1. The van der Waals surface area contributed by atoms with Crippen LogP contribution in [0.3, 0.4) is 0 Å². The molecule has 0 saturated heterocycles. The zero-order valence-electron chi connectivity index (χ0n) is 17.0. The highest BCUT2D eigenvalue weighted by Gasteiger charge is 2.13. The molecule has 3 aromatic carbocycles. The van der Waals surface area contributed by atoms with Crippen LogP contribution in [0.2, 0.25) is 0 Å². The smallest absolute Gasteiger partial charge is 0.224 e. The first-order valence-electron chi connectivity index (χ1n) is 10.1. The standard InChI is InChI=1S/C25H25NO4/c1-28-24-14-20(8-10-23(24)30-17-18-5-3-2-4-6-18)16-26-25(27)15-19-7-9-22-21(13-19)11-12-29-22/h2-10,13-14H,11-12,15-17H2,1H3,(H,26,27). The third-order valence-corrected chi connectivity index (χ3v) is 5.07. The monoisotopic (exact) mass is 403 g/mol. The summed E-state index contributed by atoms with van der Waals surface area (Å²) in [5, 5.41) is 2.98. The third-order valence-electron chi connectivity index (χ3n) is 5.07. The molecule has 0 aliphatic carbocycles. The van der Waals surface area contributed by atoms with Crippen molar-refractivity contribution >= 4 is 5.91 Å². The topological polar surface area (TPSA) is 56.8 Å². The van der Waals surface area contributed by atoms with Gasteiger partial charge in [0, 0.05) is 13.0 Å². The van der Waals surface area contributed by atoms with Gasteiger partial charge in [0.1, 0.15) is 12.4 Å². The Morgan fingerprint density at radius 3 is 2.63 bits per heavy atom. The zero-order valence-corrected chi connectivity index (χ0v) is 17.0. The summed E-state index contributed by atoms with van der Waals surface area (Å²) in [5.74, 6) is 2.24. The number of ether oxygens (including phenoxy) is 3. The largest absolute Gasteiger partial charge is 0.493 e. The van der Waals surface area contributed by atoms with E-state index >= 15 is 0 Å². The zero-order chi connectivity index (χ0) is 20.8. The molecule has 4 rings (SSSR count). The Bertz CT molecular complexity index is 1020. The molecule has 0 fully saturated rings. The molecule has 5 heteroatoms. The molecule has 0 aromatic heterocycles. The van der Waals surface area contributed by atoms with Crippen LogP contribution in [-0.2, 0) is 30.8 Å². The summed E-state index contributed by atoms with van der Waals surface area (Å²) in [6.45, 7) is 1.62. The van der Waals surface area contributed by atoms with E-state index in [9.17, 15) is 4.79 Å². The fraction of sp³-hybridized carbons (Fsp3) is 0.240. The Hall–Kier alpha value is -3.47. The first-order chi connectivity index (χ1) is 14.7. The van der Waals surface area contributed by atoms with Crippen molar-refractivity contribution in [1.82, 2.24) is 5.32 Å². The lowest BCUT2D eigenvalue weighted by molar-refractivity contribution is -0.120. The number of methoxy groups -OCH3 is 1. The Morgan fingerprint density at radius 1 is 0.967 bits per heavy atom. The van der Waals surface area contributed by atoms with Crippen molar-refractivity contribution in [3.05, 3.63) is 89.0 Å².